The first-order valence-electron chi connectivity index (χ1n) is 7.82. The van der Waals surface area contributed by atoms with Crippen molar-refractivity contribution < 1.29 is 4.74 Å². The molecule has 0 radical (unpaired) electrons. The standard InChI is InChI=1S/C19H24ClNO/c1-3-17-14-18(10-11-19(17)20)22-13-7-12-21(2)15-16-8-5-4-6-9-16/h4-6,8-11,14H,3,7,12-13,15H2,1-2H3. The van der Waals surface area contributed by atoms with Crippen LogP contribution in [0.2, 0.25) is 5.02 Å². The van der Waals surface area contributed by atoms with Crippen LogP contribution in [0, 0.1) is 0 Å². The van der Waals surface area contributed by atoms with E-state index >= 15 is 0 Å². The number of hydrogen-bond donors (Lipinski definition) is 0. The smallest absolute Gasteiger partial charge is 0.119 e. The molecule has 118 valence electrons. The summed E-state index contributed by atoms with van der Waals surface area (Å²) in [5.74, 6) is 0.909. The van der Waals surface area contributed by atoms with Gasteiger partial charge in [0.1, 0.15) is 5.75 Å². The summed E-state index contributed by atoms with van der Waals surface area (Å²) < 4.78 is 5.82. The highest BCUT2D eigenvalue weighted by Gasteiger charge is 2.03. The highest BCUT2D eigenvalue weighted by molar-refractivity contribution is 6.31. The third-order valence-corrected chi connectivity index (χ3v) is 4.02. The molecule has 0 saturated carbocycles. The molecule has 0 aliphatic carbocycles. The molecule has 0 aliphatic rings. The summed E-state index contributed by atoms with van der Waals surface area (Å²) in [7, 11) is 2.14. The summed E-state index contributed by atoms with van der Waals surface area (Å²) in [6.45, 7) is 4.82. The molecular formula is C19H24ClNO. The SMILES string of the molecule is CCc1cc(OCCCN(C)Cc2ccccc2)ccc1Cl. The van der Waals surface area contributed by atoms with Gasteiger partial charge >= 0.3 is 0 Å². The molecule has 0 N–H and O–H groups in total. The second-order valence-corrected chi connectivity index (χ2v) is 5.94. The van der Waals surface area contributed by atoms with E-state index in [9.17, 15) is 0 Å². The van der Waals surface area contributed by atoms with Gasteiger partial charge in [-0.05, 0) is 49.2 Å². The lowest BCUT2D eigenvalue weighted by atomic mass is 10.1. The van der Waals surface area contributed by atoms with E-state index in [-0.39, 0.29) is 0 Å². The number of nitrogens with zero attached hydrogens (tertiary/aromatic N) is 1. The summed E-state index contributed by atoms with van der Waals surface area (Å²) in [6.07, 6.45) is 1.93. The summed E-state index contributed by atoms with van der Waals surface area (Å²) in [6, 6.07) is 16.4. The molecule has 0 saturated heterocycles. The van der Waals surface area contributed by atoms with Crippen molar-refractivity contribution in [2.45, 2.75) is 26.3 Å². The van der Waals surface area contributed by atoms with E-state index in [0.717, 1.165) is 48.9 Å². The molecule has 22 heavy (non-hydrogen) atoms. The zero-order valence-corrected chi connectivity index (χ0v) is 14.1. The van der Waals surface area contributed by atoms with E-state index in [1.54, 1.807) is 0 Å². The van der Waals surface area contributed by atoms with Gasteiger partial charge < -0.3 is 9.64 Å². The Morgan fingerprint density at radius 3 is 2.59 bits per heavy atom. The number of benzene rings is 2. The molecule has 2 rings (SSSR count). The molecule has 0 fully saturated rings. The van der Waals surface area contributed by atoms with Crippen molar-refractivity contribution in [3.63, 3.8) is 0 Å². The molecule has 0 bridgehead atoms. The number of ether oxygens (including phenoxy) is 1. The third kappa shape index (κ3) is 5.36. The Bertz CT molecular complexity index is 571. The minimum atomic E-state index is 0.726. The lowest BCUT2D eigenvalue weighted by molar-refractivity contribution is 0.258. The summed E-state index contributed by atoms with van der Waals surface area (Å²) in [4.78, 5) is 2.32. The maximum absolute atomic E-state index is 6.11. The summed E-state index contributed by atoms with van der Waals surface area (Å²) >= 11 is 6.11. The summed E-state index contributed by atoms with van der Waals surface area (Å²) in [5.41, 5.74) is 2.48. The zero-order chi connectivity index (χ0) is 15.8. The largest absolute Gasteiger partial charge is 0.494 e. The molecule has 2 nitrogen and oxygen atoms in total. The van der Waals surface area contributed by atoms with E-state index in [2.05, 4.69) is 43.1 Å². The van der Waals surface area contributed by atoms with Gasteiger partial charge in [0, 0.05) is 18.1 Å². The maximum atomic E-state index is 6.11. The number of hydrogen-bond acceptors (Lipinski definition) is 2. The van der Waals surface area contributed by atoms with Crippen LogP contribution in [0.25, 0.3) is 0 Å². The molecular weight excluding hydrogens is 294 g/mol. The zero-order valence-electron chi connectivity index (χ0n) is 13.4. The van der Waals surface area contributed by atoms with E-state index in [4.69, 9.17) is 16.3 Å². The molecule has 0 heterocycles. The van der Waals surface area contributed by atoms with Crippen LogP contribution in [-0.4, -0.2) is 25.1 Å². The minimum absolute atomic E-state index is 0.726. The Labute approximate surface area is 138 Å². The molecule has 2 aromatic rings. The highest BCUT2D eigenvalue weighted by Crippen LogP contribution is 2.22. The molecule has 0 unspecified atom stereocenters. The van der Waals surface area contributed by atoms with Crippen LogP contribution in [-0.2, 0) is 13.0 Å². The van der Waals surface area contributed by atoms with E-state index in [0.29, 0.717) is 0 Å². The van der Waals surface area contributed by atoms with Crippen molar-refractivity contribution in [2.75, 3.05) is 20.2 Å². The third-order valence-electron chi connectivity index (χ3n) is 3.65. The quantitative estimate of drug-likeness (QED) is 0.648. The predicted molar refractivity (Wildman–Crippen MR) is 93.7 cm³/mol. The van der Waals surface area contributed by atoms with Crippen molar-refractivity contribution in [2.24, 2.45) is 0 Å². The monoisotopic (exact) mass is 317 g/mol. The minimum Gasteiger partial charge on any atom is -0.494 e. The number of rotatable bonds is 8. The molecule has 0 spiro atoms. The maximum Gasteiger partial charge on any atom is 0.119 e. The van der Waals surface area contributed by atoms with Gasteiger partial charge in [-0.25, -0.2) is 0 Å². The van der Waals surface area contributed by atoms with Crippen molar-refractivity contribution in [1.82, 2.24) is 4.90 Å². The first-order valence-corrected chi connectivity index (χ1v) is 8.20. The lowest BCUT2D eigenvalue weighted by Crippen LogP contribution is -2.20. The first-order chi connectivity index (χ1) is 10.7. The van der Waals surface area contributed by atoms with Crippen molar-refractivity contribution in [3.8, 4) is 5.75 Å². The van der Waals surface area contributed by atoms with E-state index in [1.165, 1.54) is 5.56 Å². The van der Waals surface area contributed by atoms with Crippen LogP contribution in [0.1, 0.15) is 24.5 Å². The Morgan fingerprint density at radius 1 is 1.09 bits per heavy atom. The molecule has 0 amide bonds. The first kappa shape index (κ1) is 16.9. The highest BCUT2D eigenvalue weighted by atomic mass is 35.5. The van der Waals surface area contributed by atoms with Crippen molar-refractivity contribution >= 4 is 11.6 Å². The van der Waals surface area contributed by atoms with Gasteiger partial charge in [0.05, 0.1) is 6.61 Å². The van der Waals surface area contributed by atoms with Crippen LogP contribution < -0.4 is 4.74 Å². The number of halogens is 1. The second kappa shape index (κ2) is 8.82. The lowest BCUT2D eigenvalue weighted by Gasteiger charge is -2.17. The van der Waals surface area contributed by atoms with Gasteiger partial charge in [-0.2, -0.15) is 0 Å². The second-order valence-electron chi connectivity index (χ2n) is 5.53. The van der Waals surface area contributed by atoms with Crippen LogP contribution in [0.4, 0.5) is 0 Å². The Morgan fingerprint density at radius 2 is 1.86 bits per heavy atom. The topological polar surface area (TPSA) is 12.5 Å². The van der Waals surface area contributed by atoms with Gasteiger partial charge in [0.15, 0.2) is 0 Å². The normalized spacial score (nSPS) is 10.9. The van der Waals surface area contributed by atoms with Gasteiger partial charge in [-0.3, -0.25) is 0 Å². The van der Waals surface area contributed by atoms with Gasteiger partial charge in [-0.1, -0.05) is 48.9 Å². The molecule has 2 aromatic carbocycles. The Kier molecular flexibility index (Phi) is 6.75. The van der Waals surface area contributed by atoms with Crippen LogP contribution >= 0.6 is 11.6 Å². The fourth-order valence-electron chi connectivity index (χ4n) is 2.41. The van der Waals surface area contributed by atoms with Gasteiger partial charge in [-0.15, -0.1) is 0 Å². The molecule has 0 aliphatic heterocycles. The average molecular weight is 318 g/mol. The van der Waals surface area contributed by atoms with Crippen LogP contribution in [0.15, 0.2) is 48.5 Å². The van der Waals surface area contributed by atoms with Crippen LogP contribution in [0.5, 0.6) is 5.75 Å². The fraction of sp³-hybridized carbons (Fsp3) is 0.368. The van der Waals surface area contributed by atoms with Crippen LogP contribution in [0.3, 0.4) is 0 Å². The fourth-order valence-corrected chi connectivity index (χ4v) is 2.66. The number of aryl methyl sites for hydroxylation is 1. The van der Waals surface area contributed by atoms with Crippen molar-refractivity contribution in [1.29, 1.82) is 0 Å². The molecule has 3 heteroatoms. The van der Waals surface area contributed by atoms with E-state index < -0.39 is 0 Å². The average Bonchev–Trinajstić information content (AvgIpc) is 2.54. The Balaban J connectivity index is 1.70. The van der Waals surface area contributed by atoms with E-state index in [1.807, 2.05) is 24.3 Å². The van der Waals surface area contributed by atoms with Gasteiger partial charge in [0.25, 0.3) is 0 Å². The predicted octanol–water partition coefficient (Wildman–Crippen LogP) is 4.80. The molecule has 0 aromatic heterocycles. The Hall–Kier alpha value is -1.51. The molecule has 0 atom stereocenters. The van der Waals surface area contributed by atoms with Gasteiger partial charge in [0.2, 0.25) is 0 Å². The summed E-state index contributed by atoms with van der Waals surface area (Å²) in [5, 5.41) is 0.817. The van der Waals surface area contributed by atoms with Crippen molar-refractivity contribution in [3.05, 3.63) is 64.7 Å².